The first-order valence-electron chi connectivity index (χ1n) is 5.46. The Balaban J connectivity index is 2.02. The average Bonchev–Trinajstić information content (AvgIpc) is 2.37. The molecule has 0 bridgehead atoms. The number of hydrogen-bond donors (Lipinski definition) is 0. The third-order valence-corrected chi connectivity index (χ3v) is 2.41. The summed E-state index contributed by atoms with van der Waals surface area (Å²) in [6, 6.07) is 11.5. The van der Waals surface area contributed by atoms with Gasteiger partial charge in [0.15, 0.2) is 0 Å². The van der Waals surface area contributed by atoms with E-state index in [0.29, 0.717) is 6.61 Å². The van der Waals surface area contributed by atoms with Gasteiger partial charge in [0.1, 0.15) is 18.1 Å². The van der Waals surface area contributed by atoms with E-state index >= 15 is 0 Å². The molecular weight excluding hydrogens is 214 g/mol. The first-order valence-corrected chi connectivity index (χ1v) is 5.46. The SMILES string of the molecule is COc1cccc(OCc2ccnc(C)c2)c1. The summed E-state index contributed by atoms with van der Waals surface area (Å²) < 4.78 is 10.8. The van der Waals surface area contributed by atoms with Gasteiger partial charge in [-0.1, -0.05) is 6.07 Å². The van der Waals surface area contributed by atoms with Crippen molar-refractivity contribution in [3.63, 3.8) is 0 Å². The van der Waals surface area contributed by atoms with E-state index in [1.165, 1.54) is 0 Å². The number of aromatic nitrogens is 1. The van der Waals surface area contributed by atoms with Crippen LogP contribution in [0.3, 0.4) is 0 Å². The highest BCUT2D eigenvalue weighted by Gasteiger charge is 1.98. The van der Waals surface area contributed by atoms with Crippen LogP contribution in [-0.2, 0) is 6.61 Å². The van der Waals surface area contributed by atoms with Gasteiger partial charge in [0.25, 0.3) is 0 Å². The van der Waals surface area contributed by atoms with Crippen LogP contribution in [0.5, 0.6) is 11.5 Å². The highest BCUT2D eigenvalue weighted by Crippen LogP contribution is 2.19. The van der Waals surface area contributed by atoms with Gasteiger partial charge in [-0.15, -0.1) is 0 Å². The Morgan fingerprint density at radius 3 is 2.71 bits per heavy atom. The van der Waals surface area contributed by atoms with Gasteiger partial charge in [0.2, 0.25) is 0 Å². The van der Waals surface area contributed by atoms with Crippen LogP contribution in [0.2, 0.25) is 0 Å². The van der Waals surface area contributed by atoms with Crippen molar-refractivity contribution in [3.05, 3.63) is 53.9 Å². The van der Waals surface area contributed by atoms with Crippen molar-refractivity contribution < 1.29 is 9.47 Å². The molecule has 0 saturated carbocycles. The molecule has 2 rings (SSSR count). The summed E-state index contributed by atoms with van der Waals surface area (Å²) in [6.07, 6.45) is 1.79. The van der Waals surface area contributed by atoms with E-state index in [2.05, 4.69) is 4.98 Å². The zero-order valence-electron chi connectivity index (χ0n) is 10.0. The number of hydrogen-bond acceptors (Lipinski definition) is 3. The minimum absolute atomic E-state index is 0.538. The van der Waals surface area contributed by atoms with Gasteiger partial charge in [-0.2, -0.15) is 0 Å². The second-order valence-electron chi connectivity index (χ2n) is 3.77. The summed E-state index contributed by atoms with van der Waals surface area (Å²) in [5, 5.41) is 0. The van der Waals surface area contributed by atoms with E-state index < -0.39 is 0 Å². The Bertz CT molecular complexity index is 497. The van der Waals surface area contributed by atoms with Gasteiger partial charge >= 0.3 is 0 Å². The lowest BCUT2D eigenvalue weighted by Crippen LogP contribution is -1.96. The molecule has 0 radical (unpaired) electrons. The Morgan fingerprint density at radius 2 is 1.94 bits per heavy atom. The Labute approximate surface area is 101 Å². The molecular formula is C14H15NO2. The number of rotatable bonds is 4. The van der Waals surface area contributed by atoms with Crippen LogP contribution < -0.4 is 9.47 Å². The topological polar surface area (TPSA) is 31.4 Å². The quantitative estimate of drug-likeness (QED) is 0.807. The maximum absolute atomic E-state index is 5.68. The Kier molecular flexibility index (Phi) is 3.60. The van der Waals surface area contributed by atoms with E-state index in [-0.39, 0.29) is 0 Å². The number of benzene rings is 1. The molecule has 0 aliphatic carbocycles. The summed E-state index contributed by atoms with van der Waals surface area (Å²) in [5.41, 5.74) is 2.11. The molecule has 0 saturated heterocycles. The number of ether oxygens (including phenoxy) is 2. The maximum atomic E-state index is 5.68. The summed E-state index contributed by atoms with van der Waals surface area (Å²) in [5.74, 6) is 1.60. The fourth-order valence-electron chi connectivity index (χ4n) is 1.55. The number of aryl methyl sites for hydroxylation is 1. The van der Waals surface area contributed by atoms with Crippen molar-refractivity contribution in [3.8, 4) is 11.5 Å². The monoisotopic (exact) mass is 229 g/mol. The average molecular weight is 229 g/mol. The normalized spacial score (nSPS) is 10.0. The van der Waals surface area contributed by atoms with Crippen LogP contribution in [0.1, 0.15) is 11.3 Å². The van der Waals surface area contributed by atoms with Gasteiger partial charge < -0.3 is 9.47 Å². The number of methoxy groups -OCH3 is 1. The van der Waals surface area contributed by atoms with Crippen LogP contribution in [-0.4, -0.2) is 12.1 Å². The fourth-order valence-corrected chi connectivity index (χ4v) is 1.55. The van der Waals surface area contributed by atoms with Crippen molar-refractivity contribution in [1.82, 2.24) is 4.98 Å². The third kappa shape index (κ3) is 3.21. The van der Waals surface area contributed by atoms with Crippen molar-refractivity contribution in [2.24, 2.45) is 0 Å². The zero-order chi connectivity index (χ0) is 12.1. The maximum Gasteiger partial charge on any atom is 0.123 e. The molecule has 88 valence electrons. The van der Waals surface area contributed by atoms with Crippen LogP contribution >= 0.6 is 0 Å². The van der Waals surface area contributed by atoms with Gasteiger partial charge in [0.05, 0.1) is 7.11 Å². The predicted molar refractivity (Wildman–Crippen MR) is 66.3 cm³/mol. The predicted octanol–water partition coefficient (Wildman–Crippen LogP) is 2.98. The van der Waals surface area contributed by atoms with Gasteiger partial charge in [-0.3, -0.25) is 4.98 Å². The van der Waals surface area contributed by atoms with E-state index in [1.54, 1.807) is 13.3 Å². The van der Waals surface area contributed by atoms with Gasteiger partial charge in [-0.25, -0.2) is 0 Å². The summed E-state index contributed by atoms with van der Waals surface area (Å²) in [7, 11) is 1.64. The third-order valence-electron chi connectivity index (χ3n) is 2.41. The van der Waals surface area contributed by atoms with Crippen molar-refractivity contribution in [1.29, 1.82) is 0 Å². The van der Waals surface area contributed by atoms with Crippen LogP contribution in [0.15, 0.2) is 42.6 Å². The van der Waals surface area contributed by atoms with Gasteiger partial charge in [0, 0.05) is 18.0 Å². The molecule has 1 aromatic carbocycles. The number of nitrogens with zero attached hydrogens (tertiary/aromatic N) is 1. The van der Waals surface area contributed by atoms with Crippen LogP contribution in [0, 0.1) is 6.92 Å². The summed E-state index contributed by atoms with van der Waals surface area (Å²) in [6.45, 7) is 2.51. The molecule has 1 heterocycles. The number of pyridine rings is 1. The first kappa shape index (κ1) is 11.5. The highest BCUT2D eigenvalue weighted by molar-refractivity contribution is 5.33. The summed E-state index contributed by atoms with van der Waals surface area (Å²) >= 11 is 0. The summed E-state index contributed by atoms with van der Waals surface area (Å²) in [4.78, 5) is 4.15. The molecule has 0 spiro atoms. The van der Waals surface area contributed by atoms with E-state index in [9.17, 15) is 0 Å². The van der Waals surface area contributed by atoms with Crippen LogP contribution in [0.25, 0.3) is 0 Å². The fraction of sp³-hybridized carbons (Fsp3) is 0.214. The zero-order valence-corrected chi connectivity index (χ0v) is 10.0. The second-order valence-corrected chi connectivity index (χ2v) is 3.77. The molecule has 0 atom stereocenters. The molecule has 17 heavy (non-hydrogen) atoms. The minimum atomic E-state index is 0.538. The van der Waals surface area contributed by atoms with E-state index in [0.717, 1.165) is 22.8 Å². The lowest BCUT2D eigenvalue weighted by molar-refractivity contribution is 0.303. The Hall–Kier alpha value is -2.03. The Morgan fingerprint density at radius 1 is 1.12 bits per heavy atom. The van der Waals surface area contributed by atoms with Crippen molar-refractivity contribution in [2.45, 2.75) is 13.5 Å². The molecule has 0 unspecified atom stereocenters. The van der Waals surface area contributed by atoms with Crippen molar-refractivity contribution in [2.75, 3.05) is 7.11 Å². The largest absolute Gasteiger partial charge is 0.497 e. The molecule has 0 N–H and O–H groups in total. The second kappa shape index (κ2) is 5.34. The van der Waals surface area contributed by atoms with Crippen molar-refractivity contribution >= 4 is 0 Å². The lowest BCUT2D eigenvalue weighted by atomic mass is 10.2. The molecule has 3 heteroatoms. The molecule has 0 fully saturated rings. The molecule has 0 aliphatic heterocycles. The van der Waals surface area contributed by atoms with E-state index in [4.69, 9.17) is 9.47 Å². The smallest absolute Gasteiger partial charge is 0.123 e. The molecule has 0 amide bonds. The highest BCUT2D eigenvalue weighted by atomic mass is 16.5. The first-order chi connectivity index (χ1) is 8.28. The lowest BCUT2D eigenvalue weighted by Gasteiger charge is -2.07. The van der Waals surface area contributed by atoms with Crippen LogP contribution in [0.4, 0.5) is 0 Å². The molecule has 1 aromatic heterocycles. The van der Waals surface area contributed by atoms with Gasteiger partial charge in [-0.05, 0) is 36.8 Å². The minimum Gasteiger partial charge on any atom is -0.497 e. The molecule has 0 aliphatic rings. The molecule has 3 nitrogen and oxygen atoms in total. The standard InChI is InChI=1S/C14H15NO2/c1-11-8-12(6-7-15-11)10-17-14-5-3-4-13(9-14)16-2/h3-9H,10H2,1-2H3. The molecule has 2 aromatic rings. The van der Waals surface area contributed by atoms with E-state index in [1.807, 2.05) is 43.3 Å².